The average Bonchev–Trinajstić information content (AvgIpc) is 2.31. The molecule has 0 radical (unpaired) electrons. The number of hydrogen-bond donors (Lipinski definition) is 2. The van der Waals surface area contributed by atoms with Crippen LogP contribution in [0.25, 0.3) is 0 Å². The molecule has 1 unspecified atom stereocenters. The van der Waals surface area contributed by atoms with E-state index in [1.807, 2.05) is 5.32 Å². The third kappa shape index (κ3) is 1.87. The van der Waals surface area contributed by atoms with Crippen LogP contribution in [-0.4, -0.2) is 18.0 Å². The molecular formula is C10H6F2N4O2. The van der Waals surface area contributed by atoms with E-state index >= 15 is 0 Å². The summed E-state index contributed by atoms with van der Waals surface area (Å²) in [5.74, 6) is -2.87. The SMILES string of the molecule is N#CC1NN(c2c(F)cccc2F)C(=O)NC1=O. The summed E-state index contributed by atoms with van der Waals surface area (Å²) in [6.45, 7) is 0. The molecular weight excluding hydrogens is 246 g/mol. The lowest BCUT2D eigenvalue weighted by molar-refractivity contribution is -0.121. The van der Waals surface area contributed by atoms with Gasteiger partial charge in [-0.05, 0) is 12.1 Å². The van der Waals surface area contributed by atoms with Gasteiger partial charge in [-0.2, -0.15) is 10.7 Å². The Labute approximate surface area is 99.8 Å². The number of rotatable bonds is 1. The Kier molecular flexibility index (Phi) is 2.91. The lowest BCUT2D eigenvalue weighted by atomic mass is 10.2. The van der Waals surface area contributed by atoms with Gasteiger partial charge in [-0.25, -0.2) is 18.6 Å². The highest BCUT2D eigenvalue weighted by molar-refractivity contribution is 6.07. The summed E-state index contributed by atoms with van der Waals surface area (Å²) in [6.07, 6.45) is 0. The first-order valence-corrected chi connectivity index (χ1v) is 4.79. The van der Waals surface area contributed by atoms with Crippen molar-refractivity contribution in [1.29, 1.82) is 5.26 Å². The number of nitrogens with zero attached hydrogens (tertiary/aromatic N) is 2. The summed E-state index contributed by atoms with van der Waals surface area (Å²) in [5.41, 5.74) is 1.45. The number of hydrazine groups is 1. The molecule has 0 bridgehead atoms. The number of urea groups is 1. The molecule has 3 amide bonds. The Bertz CT molecular complexity index is 549. The summed E-state index contributed by atoms with van der Waals surface area (Å²) in [7, 11) is 0. The Morgan fingerprint density at radius 3 is 2.44 bits per heavy atom. The van der Waals surface area contributed by atoms with Crippen molar-refractivity contribution in [3.05, 3.63) is 29.8 Å². The Hall–Kier alpha value is -2.53. The molecule has 18 heavy (non-hydrogen) atoms. The van der Waals surface area contributed by atoms with Crippen LogP contribution < -0.4 is 15.8 Å². The van der Waals surface area contributed by atoms with Gasteiger partial charge in [0.2, 0.25) is 0 Å². The molecule has 1 heterocycles. The van der Waals surface area contributed by atoms with E-state index in [0.717, 1.165) is 18.2 Å². The largest absolute Gasteiger partial charge is 0.343 e. The number of amides is 3. The van der Waals surface area contributed by atoms with Crippen molar-refractivity contribution < 1.29 is 18.4 Å². The van der Waals surface area contributed by atoms with Crippen molar-refractivity contribution in [1.82, 2.24) is 10.7 Å². The maximum absolute atomic E-state index is 13.5. The minimum Gasteiger partial charge on any atom is -0.274 e. The number of nitrogens with one attached hydrogen (secondary N) is 2. The first kappa shape index (κ1) is 11.9. The van der Waals surface area contributed by atoms with Gasteiger partial charge in [-0.15, -0.1) is 0 Å². The fraction of sp³-hybridized carbons (Fsp3) is 0.100. The normalized spacial score (nSPS) is 19.4. The number of nitriles is 1. The highest BCUT2D eigenvalue weighted by atomic mass is 19.1. The van der Waals surface area contributed by atoms with Crippen LogP contribution in [0.1, 0.15) is 0 Å². The predicted molar refractivity (Wildman–Crippen MR) is 54.9 cm³/mol. The smallest absolute Gasteiger partial charge is 0.274 e. The second-order valence-corrected chi connectivity index (χ2v) is 3.39. The van der Waals surface area contributed by atoms with Gasteiger partial charge in [0.1, 0.15) is 5.69 Å². The van der Waals surface area contributed by atoms with E-state index in [1.165, 1.54) is 0 Å². The number of halogens is 2. The number of para-hydroxylation sites is 1. The van der Waals surface area contributed by atoms with E-state index in [0.29, 0.717) is 5.01 Å². The summed E-state index contributed by atoms with van der Waals surface area (Å²) in [6, 6.07) is 2.12. The molecule has 2 N–H and O–H groups in total. The first-order chi connectivity index (χ1) is 8.54. The van der Waals surface area contributed by atoms with Gasteiger partial charge in [0.15, 0.2) is 17.7 Å². The Balaban J connectivity index is 2.42. The molecule has 1 fully saturated rings. The van der Waals surface area contributed by atoms with Gasteiger partial charge < -0.3 is 0 Å². The number of anilines is 1. The molecule has 1 atom stereocenters. The van der Waals surface area contributed by atoms with Gasteiger partial charge >= 0.3 is 6.03 Å². The van der Waals surface area contributed by atoms with Crippen LogP contribution in [0.15, 0.2) is 18.2 Å². The Morgan fingerprint density at radius 1 is 1.28 bits per heavy atom. The number of carbonyl (C=O) groups excluding carboxylic acids is 2. The molecule has 1 aromatic rings. The summed E-state index contributed by atoms with van der Waals surface area (Å²) < 4.78 is 26.9. The van der Waals surface area contributed by atoms with Gasteiger partial charge in [-0.3, -0.25) is 10.1 Å². The van der Waals surface area contributed by atoms with Crippen LogP contribution in [0.5, 0.6) is 0 Å². The molecule has 1 aromatic carbocycles. The van der Waals surface area contributed by atoms with Crippen LogP contribution in [0.4, 0.5) is 19.3 Å². The molecule has 6 nitrogen and oxygen atoms in total. The van der Waals surface area contributed by atoms with E-state index in [4.69, 9.17) is 5.26 Å². The molecule has 2 rings (SSSR count). The van der Waals surface area contributed by atoms with E-state index in [2.05, 4.69) is 5.43 Å². The topological polar surface area (TPSA) is 85.2 Å². The van der Waals surface area contributed by atoms with Gasteiger partial charge in [0.25, 0.3) is 5.91 Å². The number of imide groups is 1. The summed E-state index contributed by atoms with van der Waals surface area (Å²) in [5, 5.41) is 10.9. The molecule has 1 aliphatic rings. The maximum Gasteiger partial charge on any atom is 0.343 e. The van der Waals surface area contributed by atoms with Crippen molar-refractivity contribution in [2.24, 2.45) is 0 Å². The highest BCUT2D eigenvalue weighted by Crippen LogP contribution is 2.23. The van der Waals surface area contributed by atoms with Gasteiger partial charge in [0, 0.05) is 0 Å². The summed E-state index contributed by atoms with van der Waals surface area (Å²) >= 11 is 0. The first-order valence-electron chi connectivity index (χ1n) is 4.79. The standard InChI is InChI=1S/C10H6F2N4O2/c11-5-2-1-3-6(12)8(5)16-10(18)14-9(17)7(4-13)15-16/h1-3,7,15H,(H,14,17,18). The zero-order valence-corrected chi connectivity index (χ0v) is 8.78. The van der Waals surface area contributed by atoms with Crippen LogP contribution in [-0.2, 0) is 4.79 Å². The molecule has 1 aliphatic heterocycles. The minimum absolute atomic E-state index is 0.458. The molecule has 8 heteroatoms. The van der Waals surface area contributed by atoms with Crippen molar-refractivity contribution in [3.63, 3.8) is 0 Å². The lowest BCUT2D eigenvalue weighted by Crippen LogP contribution is -2.64. The third-order valence-electron chi connectivity index (χ3n) is 2.24. The van der Waals surface area contributed by atoms with Gasteiger partial charge in [-0.1, -0.05) is 6.07 Å². The van der Waals surface area contributed by atoms with E-state index in [1.54, 1.807) is 6.07 Å². The van der Waals surface area contributed by atoms with Crippen LogP contribution in [0, 0.1) is 23.0 Å². The Morgan fingerprint density at radius 2 is 1.89 bits per heavy atom. The minimum atomic E-state index is -1.40. The van der Waals surface area contributed by atoms with Gasteiger partial charge in [0.05, 0.1) is 6.07 Å². The summed E-state index contributed by atoms with van der Waals surface area (Å²) in [4.78, 5) is 22.6. The molecule has 0 aliphatic carbocycles. The molecule has 0 spiro atoms. The van der Waals surface area contributed by atoms with Crippen LogP contribution in [0.2, 0.25) is 0 Å². The van der Waals surface area contributed by atoms with Crippen LogP contribution in [0.3, 0.4) is 0 Å². The fourth-order valence-electron chi connectivity index (χ4n) is 1.44. The predicted octanol–water partition coefficient (Wildman–Crippen LogP) is 0.418. The van der Waals surface area contributed by atoms with Crippen LogP contribution >= 0.6 is 0 Å². The third-order valence-corrected chi connectivity index (χ3v) is 2.24. The second kappa shape index (κ2) is 4.38. The fourth-order valence-corrected chi connectivity index (χ4v) is 1.44. The second-order valence-electron chi connectivity index (χ2n) is 3.39. The molecule has 1 saturated heterocycles. The number of benzene rings is 1. The number of carbonyl (C=O) groups is 2. The quantitative estimate of drug-likeness (QED) is 0.758. The zero-order valence-electron chi connectivity index (χ0n) is 8.78. The average molecular weight is 252 g/mol. The maximum atomic E-state index is 13.5. The molecule has 0 saturated carbocycles. The van der Waals surface area contributed by atoms with Crippen molar-refractivity contribution in [2.45, 2.75) is 6.04 Å². The monoisotopic (exact) mass is 252 g/mol. The van der Waals surface area contributed by atoms with E-state index in [9.17, 15) is 18.4 Å². The van der Waals surface area contributed by atoms with Crippen molar-refractivity contribution in [2.75, 3.05) is 5.01 Å². The molecule has 92 valence electrons. The van der Waals surface area contributed by atoms with Crippen molar-refractivity contribution >= 4 is 17.6 Å². The number of hydrogen-bond acceptors (Lipinski definition) is 4. The zero-order chi connectivity index (χ0) is 13.3. The molecule has 0 aromatic heterocycles. The van der Waals surface area contributed by atoms with E-state index in [-0.39, 0.29) is 0 Å². The highest BCUT2D eigenvalue weighted by Gasteiger charge is 2.35. The van der Waals surface area contributed by atoms with Crippen molar-refractivity contribution in [3.8, 4) is 6.07 Å². The lowest BCUT2D eigenvalue weighted by Gasteiger charge is -2.30. The van der Waals surface area contributed by atoms with E-state index < -0.39 is 35.3 Å².